The maximum absolute atomic E-state index is 12.7. The first kappa shape index (κ1) is 22.2. The topological polar surface area (TPSA) is 113 Å². The fraction of sp³-hybridized carbons (Fsp3) is 0.292. The smallest absolute Gasteiger partial charge is 0.326 e. The van der Waals surface area contributed by atoms with Crippen molar-refractivity contribution in [2.45, 2.75) is 25.8 Å². The predicted molar refractivity (Wildman–Crippen MR) is 126 cm³/mol. The van der Waals surface area contributed by atoms with Gasteiger partial charge in [-0.15, -0.1) is 0 Å². The summed E-state index contributed by atoms with van der Waals surface area (Å²) in [7, 11) is 0. The van der Waals surface area contributed by atoms with Crippen LogP contribution in [-0.4, -0.2) is 55.9 Å². The van der Waals surface area contributed by atoms with Crippen molar-refractivity contribution in [1.29, 1.82) is 0 Å². The number of para-hydroxylation sites is 1. The van der Waals surface area contributed by atoms with Gasteiger partial charge in [-0.1, -0.05) is 24.8 Å². The highest BCUT2D eigenvalue weighted by atomic mass is 16.2. The van der Waals surface area contributed by atoms with Gasteiger partial charge in [-0.25, -0.2) is 4.79 Å². The molecule has 3 aromatic rings. The van der Waals surface area contributed by atoms with Crippen molar-refractivity contribution >= 4 is 28.9 Å². The van der Waals surface area contributed by atoms with E-state index in [1.165, 1.54) is 6.20 Å². The van der Waals surface area contributed by atoms with Crippen LogP contribution in [0.4, 0.5) is 0 Å². The van der Waals surface area contributed by atoms with Crippen molar-refractivity contribution in [1.82, 2.24) is 29.7 Å². The van der Waals surface area contributed by atoms with Crippen molar-refractivity contribution in [2.75, 3.05) is 19.6 Å². The zero-order valence-electron chi connectivity index (χ0n) is 18.5. The second-order valence-electron chi connectivity index (χ2n) is 7.93. The van der Waals surface area contributed by atoms with Crippen molar-refractivity contribution < 1.29 is 9.59 Å². The van der Waals surface area contributed by atoms with Crippen LogP contribution in [0.25, 0.3) is 17.1 Å². The molecule has 1 aliphatic heterocycles. The molecule has 9 heteroatoms. The van der Waals surface area contributed by atoms with E-state index in [1.54, 1.807) is 46.0 Å². The fourth-order valence-electron chi connectivity index (χ4n) is 4.21. The molecular formula is C24H26N6O3. The Balaban J connectivity index is 1.37. The normalized spacial score (nSPS) is 14.6. The fourth-order valence-corrected chi connectivity index (χ4v) is 4.21. The number of amides is 2. The number of fused-ring (bicyclic) bond motifs is 1. The quantitative estimate of drug-likeness (QED) is 0.564. The van der Waals surface area contributed by atoms with E-state index in [9.17, 15) is 14.4 Å². The van der Waals surface area contributed by atoms with Crippen LogP contribution in [0.5, 0.6) is 0 Å². The number of aryl methyl sites for hydroxylation is 1. The van der Waals surface area contributed by atoms with E-state index in [0.717, 1.165) is 11.4 Å². The monoisotopic (exact) mass is 446 g/mol. The Morgan fingerprint density at radius 1 is 1.24 bits per heavy atom. The average Bonchev–Trinajstić information content (AvgIpc) is 3.13. The number of aromatic amines is 1. The van der Waals surface area contributed by atoms with E-state index in [4.69, 9.17) is 0 Å². The predicted octanol–water partition coefficient (Wildman–Crippen LogP) is 2.22. The third-order valence-corrected chi connectivity index (χ3v) is 5.87. The number of hydrogen-bond donors (Lipinski definition) is 2. The van der Waals surface area contributed by atoms with Crippen LogP contribution in [0.15, 0.2) is 54.1 Å². The molecule has 1 fully saturated rings. The summed E-state index contributed by atoms with van der Waals surface area (Å²) < 4.78 is 1.76. The van der Waals surface area contributed by atoms with Gasteiger partial charge in [-0.3, -0.25) is 24.1 Å². The lowest BCUT2D eigenvalue weighted by Crippen LogP contribution is -2.45. The van der Waals surface area contributed by atoms with Gasteiger partial charge in [0.25, 0.3) is 5.91 Å². The number of carbonyl (C=O) groups is 2. The zero-order valence-corrected chi connectivity index (χ0v) is 18.5. The number of piperidine rings is 1. The third-order valence-electron chi connectivity index (χ3n) is 5.87. The Labute approximate surface area is 190 Å². The van der Waals surface area contributed by atoms with E-state index in [2.05, 4.69) is 26.8 Å². The van der Waals surface area contributed by atoms with Gasteiger partial charge in [-0.05, 0) is 38.0 Å². The van der Waals surface area contributed by atoms with Gasteiger partial charge in [0.15, 0.2) is 0 Å². The van der Waals surface area contributed by atoms with Gasteiger partial charge in [0.2, 0.25) is 5.91 Å². The second-order valence-corrected chi connectivity index (χ2v) is 7.93. The van der Waals surface area contributed by atoms with Crippen LogP contribution in [0.2, 0.25) is 0 Å². The van der Waals surface area contributed by atoms with Crippen molar-refractivity contribution in [3.63, 3.8) is 0 Å². The molecule has 0 aliphatic carbocycles. The molecule has 170 valence electrons. The number of H-pyrrole nitrogens is 1. The van der Waals surface area contributed by atoms with Crippen molar-refractivity contribution in [2.24, 2.45) is 0 Å². The van der Waals surface area contributed by atoms with Crippen LogP contribution in [-0.2, 0) is 4.79 Å². The molecule has 0 radical (unpaired) electrons. The maximum atomic E-state index is 12.7. The van der Waals surface area contributed by atoms with Crippen LogP contribution in [0.1, 0.15) is 40.6 Å². The Hall–Kier alpha value is -4.01. The van der Waals surface area contributed by atoms with Crippen LogP contribution in [0, 0.1) is 6.92 Å². The minimum atomic E-state index is -0.364. The molecule has 33 heavy (non-hydrogen) atoms. The van der Waals surface area contributed by atoms with Crippen LogP contribution in [0.3, 0.4) is 0 Å². The third kappa shape index (κ3) is 4.62. The van der Waals surface area contributed by atoms with E-state index >= 15 is 0 Å². The molecule has 0 saturated carbocycles. The number of carbonyl (C=O) groups excluding carboxylic acids is 2. The van der Waals surface area contributed by atoms with Crippen molar-refractivity contribution in [3.05, 3.63) is 76.8 Å². The number of nitrogens with zero attached hydrogens (tertiary/aromatic N) is 4. The molecule has 0 spiro atoms. The maximum Gasteiger partial charge on any atom is 0.326 e. The zero-order chi connectivity index (χ0) is 23.4. The highest BCUT2D eigenvalue weighted by molar-refractivity contribution is 6.05. The number of allylic oxidation sites excluding steroid dienone is 2. The number of benzene rings is 1. The molecule has 3 heterocycles. The average molecular weight is 447 g/mol. The minimum absolute atomic E-state index is 0.000172. The molecule has 2 amide bonds. The Morgan fingerprint density at radius 2 is 2.00 bits per heavy atom. The lowest BCUT2D eigenvalue weighted by Gasteiger charge is -2.33. The number of imidazole rings is 1. The van der Waals surface area contributed by atoms with Crippen molar-refractivity contribution in [3.8, 4) is 0 Å². The summed E-state index contributed by atoms with van der Waals surface area (Å²) in [6.45, 7) is 6.48. The van der Waals surface area contributed by atoms with Gasteiger partial charge in [0.1, 0.15) is 5.52 Å². The second kappa shape index (κ2) is 9.64. The lowest BCUT2D eigenvalue weighted by atomic mass is 10.0. The Morgan fingerprint density at radius 3 is 2.76 bits per heavy atom. The molecule has 1 saturated heterocycles. The molecule has 0 unspecified atom stereocenters. The molecule has 1 aromatic carbocycles. The highest BCUT2D eigenvalue weighted by Crippen LogP contribution is 2.24. The number of likely N-dealkylation sites (tertiary alicyclic amines) is 1. The standard InChI is InChI=1S/C24H26N6O3/c1-3-4-8-20-16(2)28-24(33)30(20)17-9-13-29(14-10-17)21(31)15-27-23(32)18-6-5-7-19-22(18)26-12-11-25-19/h3-8,11-12,17H,1,9-10,13-15H2,2H3,(H,27,32)(H,28,33)/b8-4-. The van der Waals surface area contributed by atoms with Gasteiger partial charge < -0.3 is 15.2 Å². The molecule has 0 bridgehead atoms. The Kier molecular flexibility index (Phi) is 6.48. The molecule has 0 atom stereocenters. The molecule has 2 aromatic heterocycles. The number of aromatic nitrogens is 4. The summed E-state index contributed by atoms with van der Waals surface area (Å²) in [5, 5.41) is 2.70. The van der Waals surface area contributed by atoms with E-state index < -0.39 is 0 Å². The van der Waals surface area contributed by atoms with Crippen LogP contribution < -0.4 is 11.0 Å². The number of nitrogens with one attached hydrogen (secondary N) is 2. The lowest BCUT2D eigenvalue weighted by molar-refractivity contribution is -0.131. The molecule has 2 N–H and O–H groups in total. The summed E-state index contributed by atoms with van der Waals surface area (Å²) in [4.78, 5) is 50.8. The van der Waals surface area contributed by atoms with Gasteiger partial charge >= 0.3 is 5.69 Å². The summed E-state index contributed by atoms with van der Waals surface area (Å²) >= 11 is 0. The molecular weight excluding hydrogens is 420 g/mol. The first-order valence-electron chi connectivity index (χ1n) is 10.9. The summed E-state index contributed by atoms with van der Waals surface area (Å²) in [5.41, 5.74) is 2.99. The van der Waals surface area contributed by atoms with Gasteiger partial charge in [0.05, 0.1) is 23.3 Å². The van der Waals surface area contributed by atoms with Gasteiger partial charge in [-0.2, -0.15) is 0 Å². The Bertz CT molecular complexity index is 1280. The highest BCUT2D eigenvalue weighted by Gasteiger charge is 2.27. The minimum Gasteiger partial charge on any atom is -0.343 e. The van der Waals surface area contributed by atoms with Gasteiger partial charge in [0, 0.05) is 37.2 Å². The first-order valence-corrected chi connectivity index (χ1v) is 10.9. The molecule has 9 nitrogen and oxygen atoms in total. The molecule has 4 rings (SSSR count). The molecule has 1 aliphatic rings. The summed E-state index contributed by atoms with van der Waals surface area (Å²) in [6, 6.07) is 5.18. The summed E-state index contributed by atoms with van der Waals surface area (Å²) in [5.74, 6) is -0.519. The number of hydrogen-bond acceptors (Lipinski definition) is 5. The largest absolute Gasteiger partial charge is 0.343 e. The van der Waals surface area contributed by atoms with E-state index in [-0.39, 0.29) is 30.1 Å². The van der Waals surface area contributed by atoms with E-state index in [1.807, 2.05) is 13.0 Å². The van der Waals surface area contributed by atoms with E-state index in [0.29, 0.717) is 42.5 Å². The number of rotatable bonds is 6. The van der Waals surface area contributed by atoms with Crippen LogP contribution >= 0.6 is 0 Å². The summed E-state index contributed by atoms with van der Waals surface area (Å²) in [6.07, 6.45) is 9.75. The SMILES string of the molecule is C=C/C=C\c1c(C)[nH]c(=O)n1C1CCN(C(=O)CNC(=O)c2cccc3nccnc23)CC1. The first-order chi connectivity index (χ1) is 16.0.